The number of nitrogens with one attached hydrogen (secondary N) is 3. The van der Waals surface area contributed by atoms with Crippen LogP contribution in [-0.4, -0.2) is 49.2 Å². The van der Waals surface area contributed by atoms with Gasteiger partial charge in [-0.3, -0.25) is 9.59 Å². The van der Waals surface area contributed by atoms with Crippen molar-refractivity contribution in [3.63, 3.8) is 0 Å². The van der Waals surface area contributed by atoms with Crippen LogP contribution in [0.4, 0.5) is 38.0 Å². The van der Waals surface area contributed by atoms with Gasteiger partial charge in [-0.15, -0.1) is 0 Å². The SMILES string of the molecule is Cc1nc(CC(=O)NC2(C)CC2)c(C2OCCO2)c(N[C@H](C)c2cccc(C(F)F)c2F)n1.Cc1nc(N[C@H](C)c2cccc(C(F)F)c2F)c2cn(C3(C)CC3)c(=O)cc2n1.[I-]. The first-order chi connectivity index (χ1) is 29.4. The lowest BCUT2D eigenvalue weighted by atomic mass is 10.0. The van der Waals surface area contributed by atoms with Crippen molar-refractivity contribution in [2.24, 2.45) is 0 Å². The molecule has 2 aliphatic carbocycles. The molecule has 1 aliphatic heterocycles. The highest BCUT2D eigenvalue weighted by molar-refractivity contribution is 5.88. The monoisotopic (exact) mass is 993 g/mol. The summed E-state index contributed by atoms with van der Waals surface area (Å²) in [4.78, 5) is 42.8. The van der Waals surface area contributed by atoms with Gasteiger partial charge in [0.2, 0.25) is 5.91 Å². The van der Waals surface area contributed by atoms with Crippen LogP contribution in [0, 0.1) is 25.5 Å². The number of hydrogen-bond acceptors (Lipinski definition) is 10. The number of benzene rings is 2. The zero-order valence-corrected chi connectivity index (χ0v) is 37.6. The number of carbonyl (C=O) groups is 1. The quantitative estimate of drug-likeness (QED) is 0.0928. The highest BCUT2D eigenvalue weighted by Gasteiger charge is 2.41. The first-order valence-electron chi connectivity index (χ1n) is 20.4. The van der Waals surface area contributed by atoms with Gasteiger partial charge in [0.25, 0.3) is 18.4 Å². The van der Waals surface area contributed by atoms with Gasteiger partial charge in [-0.25, -0.2) is 46.3 Å². The Bertz CT molecular complexity index is 2550. The summed E-state index contributed by atoms with van der Waals surface area (Å²) in [5.41, 5.74) is -0.244. The minimum absolute atomic E-state index is 0. The van der Waals surface area contributed by atoms with Crippen LogP contribution in [0.2, 0.25) is 0 Å². The fraction of sp³-hybridized carbons (Fsp3) is 0.455. The van der Waals surface area contributed by atoms with Gasteiger partial charge in [-0.05, 0) is 67.2 Å². The number of fused-ring (bicyclic) bond motifs is 1. The first-order valence-corrected chi connectivity index (χ1v) is 20.4. The predicted molar refractivity (Wildman–Crippen MR) is 219 cm³/mol. The number of alkyl halides is 4. The van der Waals surface area contributed by atoms with Crippen LogP contribution in [-0.2, 0) is 26.2 Å². The molecule has 338 valence electrons. The molecule has 3 aromatic heterocycles. The number of aromatic nitrogens is 5. The maximum Gasteiger partial charge on any atom is 0.266 e. The minimum atomic E-state index is -2.92. The zero-order chi connectivity index (χ0) is 44.7. The van der Waals surface area contributed by atoms with Gasteiger partial charge in [0.1, 0.15) is 34.9 Å². The van der Waals surface area contributed by atoms with E-state index in [2.05, 4.69) is 35.9 Å². The molecule has 0 spiro atoms. The van der Waals surface area contributed by atoms with Crippen molar-refractivity contribution in [2.75, 3.05) is 23.8 Å². The van der Waals surface area contributed by atoms with E-state index in [1.54, 1.807) is 38.5 Å². The van der Waals surface area contributed by atoms with Crippen LogP contribution < -0.4 is 45.5 Å². The van der Waals surface area contributed by atoms with Crippen LogP contribution in [0.5, 0.6) is 0 Å². The summed E-state index contributed by atoms with van der Waals surface area (Å²) in [5.74, 6) is -0.492. The van der Waals surface area contributed by atoms with Crippen molar-refractivity contribution in [3.05, 3.63) is 116 Å². The molecule has 12 nitrogen and oxygen atoms in total. The van der Waals surface area contributed by atoms with Crippen molar-refractivity contribution in [1.82, 2.24) is 29.8 Å². The molecule has 1 saturated heterocycles. The lowest BCUT2D eigenvalue weighted by Crippen LogP contribution is -3.00. The molecule has 2 saturated carbocycles. The molecule has 1 amide bonds. The Morgan fingerprint density at radius 1 is 0.794 bits per heavy atom. The summed E-state index contributed by atoms with van der Waals surface area (Å²) >= 11 is 0. The maximum atomic E-state index is 14.7. The molecule has 3 fully saturated rings. The van der Waals surface area contributed by atoms with Crippen molar-refractivity contribution in [1.29, 1.82) is 0 Å². The Morgan fingerprint density at radius 2 is 1.30 bits per heavy atom. The van der Waals surface area contributed by atoms with Gasteiger partial charge in [-0.1, -0.05) is 36.4 Å². The highest BCUT2D eigenvalue weighted by atomic mass is 127. The largest absolute Gasteiger partial charge is 1.00 e. The third-order valence-corrected chi connectivity index (χ3v) is 11.4. The Balaban J connectivity index is 0.000000208. The number of carbonyl (C=O) groups excluding carboxylic acids is 1. The number of amides is 1. The molecule has 8 rings (SSSR count). The lowest BCUT2D eigenvalue weighted by Gasteiger charge is -2.23. The van der Waals surface area contributed by atoms with E-state index in [1.165, 1.54) is 30.3 Å². The Kier molecular flexibility index (Phi) is 14.4. The molecule has 19 heteroatoms. The lowest BCUT2D eigenvalue weighted by molar-refractivity contribution is -0.121. The molecule has 0 unspecified atom stereocenters. The second-order valence-electron chi connectivity index (χ2n) is 16.6. The molecule has 3 N–H and O–H groups in total. The van der Waals surface area contributed by atoms with Gasteiger partial charge in [-0.2, -0.15) is 0 Å². The summed E-state index contributed by atoms with van der Waals surface area (Å²) < 4.78 is 94.7. The van der Waals surface area contributed by atoms with Crippen molar-refractivity contribution in [3.8, 4) is 0 Å². The topological polar surface area (TPSA) is 145 Å². The van der Waals surface area contributed by atoms with Crippen molar-refractivity contribution in [2.45, 2.75) is 116 Å². The van der Waals surface area contributed by atoms with E-state index in [-0.39, 0.29) is 64.1 Å². The molecular weight excluding hydrogens is 945 g/mol. The number of anilines is 2. The predicted octanol–water partition coefficient (Wildman–Crippen LogP) is 6.15. The summed E-state index contributed by atoms with van der Waals surface area (Å²) in [6, 6.07) is 8.00. The van der Waals surface area contributed by atoms with E-state index < -0.39 is 54.0 Å². The summed E-state index contributed by atoms with van der Waals surface area (Å²) in [7, 11) is 0. The highest BCUT2D eigenvalue weighted by Crippen LogP contribution is 2.42. The third kappa shape index (κ3) is 10.7. The molecule has 63 heavy (non-hydrogen) atoms. The molecule has 2 atom stereocenters. The molecule has 2 aromatic carbocycles. The van der Waals surface area contributed by atoms with Crippen LogP contribution in [0.3, 0.4) is 0 Å². The van der Waals surface area contributed by atoms with Crippen LogP contribution in [0.25, 0.3) is 10.9 Å². The zero-order valence-electron chi connectivity index (χ0n) is 35.5. The number of pyridine rings is 1. The van der Waals surface area contributed by atoms with Crippen LogP contribution in [0.1, 0.15) is 130 Å². The van der Waals surface area contributed by atoms with Gasteiger partial charge in [0, 0.05) is 34.5 Å². The second-order valence-corrected chi connectivity index (χ2v) is 16.6. The molecule has 0 bridgehead atoms. The number of ether oxygens (including phenoxy) is 2. The van der Waals surface area contributed by atoms with E-state index in [9.17, 15) is 35.9 Å². The number of aryl methyl sites for hydroxylation is 2. The number of nitrogens with zero attached hydrogens (tertiary/aromatic N) is 5. The average Bonchev–Trinajstić information content (AvgIpc) is 4.05. The third-order valence-electron chi connectivity index (χ3n) is 11.4. The average molecular weight is 994 g/mol. The Labute approximate surface area is 377 Å². The van der Waals surface area contributed by atoms with Gasteiger partial charge in [0.15, 0.2) is 6.29 Å². The molecular formula is C44H48F6IN8O4-. The Hall–Kier alpha value is -4.89. The fourth-order valence-electron chi connectivity index (χ4n) is 7.38. The van der Waals surface area contributed by atoms with Gasteiger partial charge in [0.05, 0.1) is 65.0 Å². The fourth-order valence-corrected chi connectivity index (χ4v) is 7.38. The summed E-state index contributed by atoms with van der Waals surface area (Å²) in [5, 5.41) is 9.84. The van der Waals surface area contributed by atoms with E-state index >= 15 is 0 Å². The van der Waals surface area contributed by atoms with Crippen LogP contribution in [0.15, 0.2) is 53.5 Å². The van der Waals surface area contributed by atoms with Crippen molar-refractivity contribution >= 4 is 28.4 Å². The summed E-state index contributed by atoms with van der Waals surface area (Å²) in [6.07, 6.45) is -1.21. The van der Waals surface area contributed by atoms with Gasteiger partial charge < -0.3 is 54.0 Å². The number of halogens is 7. The van der Waals surface area contributed by atoms with E-state index in [0.29, 0.717) is 58.7 Å². The molecule has 4 heterocycles. The second kappa shape index (κ2) is 19.1. The van der Waals surface area contributed by atoms with E-state index in [1.807, 2.05) is 13.8 Å². The molecule has 0 radical (unpaired) electrons. The maximum absolute atomic E-state index is 14.7. The standard InChI is InChI=1S/C23H27F3N4O3.C21H21F3N4O.HI/c1-12(14-5-4-6-15(19(14)24)20(25)26)27-21-18(22-32-9-10-33-22)16(28-13(2)29-21)11-17(31)30-23(3)7-8-23;1-11(13-5-4-6-14(18(13)22)19(23)24)25-20-15-10-28(21(3)7-8-21)17(29)9-16(15)26-12(2)27-20;/h4-6,12,20,22H,7-11H2,1-3H3,(H,30,31)(H,27,28,29);4-6,9-11,19H,7-8H2,1-3H3,(H,25,26,27);1H/p-1/t12-;11-;/m11./s1. The normalized spacial score (nSPS) is 17.1. The Morgan fingerprint density at radius 3 is 1.83 bits per heavy atom. The summed E-state index contributed by atoms with van der Waals surface area (Å²) in [6.45, 7) is 11.4. The van der Waals surface area contributed by atoms with E-state index in [4.69, 9.17) is 9.47 Å². The molecule has 3 aliphatic rings. The molecule has 5 aromatic rings. The van der Waals surface area contributed by atoms with Crippen molar-refractivity contribution < 1.29 is 64.6 Å². The smallest absolute Gasteiger partial charge is 0.266 e. The van der Waals surface area contributed by atoms with Gasteiger partial charge >= 0.3 is 0 Å². The van der Waals surface area contributed by atoms with Crippen LogP contribution >= 0.6 is 0 Å². The number of hydrogen-bond donors (Lipinski definition) is 3. The van der Waals surface area contributed by atoms with E-state index in [0.717, 1.165) is 37.8 Å². The first kappa shape index (κ1) is 47.6. The minimum Gasteiger partial charge on any atom is -1.00 e. The number of rotatable bonds is 13.